The van der Waals surface area contributed by atoms with Gasteiger partial charge in [0.05, 0.1) is 0 Å². The molecule has 0 aromatic carbocycles. The molecule has 184 valence electrons. The van der Waals surface area contributed by atoms with Crippen molar-refractivity contribution in [1.29, 1.82) is 0 Å². The van der Waals surface area contributed by atoms with E-state index >= 15 is 0 Å². The number of imidazole rings is 1. The number of rotatable bonds is 8. The average molecular weight is 493 g/mol. The standard InChI is InChI=1S/C21H28N6O6S/c1-4-5-10-27-18-17(19(28)23-21(27)30)25(3)16(22-18)13-33-20(29)15-11-14(12-24(15)2)34(31,32)26-8-6-7-9-26/h11-12H,4-10,13H2,1-3H3,(H,23,28,30). The highest BCUT2D eigenvalue weighted by Gasteiger charge is 2.30. The number of hydrogen-bond acceptors (Lipinski definition) is 7. The summed E-state index contributed by atoms with van der Waals surface area (Å²) in [5.74, 6) is -0.446. The number of aromatic amines is 1. The van der Waals surface area contributed by atoms with Crippen LogP contribution in [0.1, 0.15) is 48.9 Å². The predicted molar refractivity (Wildman–Crippen MR) is 123 cm³/mol. The van der Waals surface area contributed by atoms with Crippen molar-refractivity contribution in [3.63, 3.8) is 0 Å². The van der Waals surface area contributed by atoms with Gasteiger partial charge in [-0.05, 0) is 25.3 Å². The van der Waals surface area contributed by atoms with E-state index in [0.29, 0.717) is 19.6 Å². The summed E-state index contributed by atoms with van der Waals surface area (Å²) in [4.78, 5) is 44.1. The minimum absolute atomic E-state index is 0.0399. The van der Waals surface area contributed by atoms with Crippen LogP contribution < -0.4 is 11.2 Å². The van der Waals surface area contributed by atoms with Crippen molar-refractivity contribution >= 4 is 27.2 Å². The zero-order valence-electron chi connectivity index (χ0n) is 19.4. The monoisotopic (exact) mass is 492 g/mol. The van der Waals surface area contributed by atoms with E-state index in [-0.39, 0.29) is 34.2 Å². The van der Waals surface area contributed by atoms with E-state index < -0.39 is 27.2 Å². The van der Waals surface area contributed by atoms with Gasteiger partial charge in [0, 0.05) is 39.9 Å². The van der Waals surface area contributed by atoms with Crippen LogP contribution in [0.25, 0.3) is 11.2 Å². The number of aromatic nitrogens is 5. The predicted octanol–water partition coefficient (Wildman–Crippen LogP) is 0.703. The molecule has 13 heteroatoms. The first-order valence-corrected chi connectivity index (χ1v) is 12.6. The zero-order chi connectivity index (χ0) is 24.6. The number of sulfonamides is 1. The fourth-order valence-electron chi connectivity index (χ4n) is 4.10. The molecule has 4 rings (SSSR count). The lowest BCUT2D eigenvalue weighted by Crippen LogP contribution is -2.31. The molecule has 12 nitrogen and oxygen atoms in total. The van der Waals surface area contributed by atoms with Crippen LogP contribution in [-0.2, 0) is 42.0 Å². The van der Waals surface area contributed by atoms with E-state index in [0.717, 1.165) is 25.7 Å². The van der Waals surface area contributed by atoms with Crippen molar-refractivity contribution in [2.24, 2.45) is 14.1 Å². The van der Waals surface area contributed by atoms with Crippen molar-refractivity contribution in [3.05, 3.63) is 44.6 Å². The van der Waals surface area contributed by atoms with E-state index in [4.69, 9.17) is 4.74 Å². The molecule has 1 aliphatic rings. The second-order valence-corrected chi connectivity index (χ2v) is 10.3. The third-order valence-corrected chi connectivity index (χ3v) is 7.93. The van der Waals surface area contributed by atoms with Gasteiger partial charge in [-0.25, -0.2) is 23.0 Å². The topological polar surface area (TPSA) is 141 Å². The Kier molecular flexibility index (Phi) is 6.49. The summed E-state index contributed by atoms with van der Waals surface area (Å²) < 4.78 is 36.7. The van der Waals surface area contributed by atoms with Gasteiger partial charge in [-0.2, -0.15) is 4.31 Å². The van der Waals surface area contributed by atoms with Crippen molar-refractivity contribution in [2.75, 3.05) is 13.1 Å². The van der Waals surface area contributed by atoms with Crippen LogP contribution >= 0.6 is 0 Å². The molecular weight excluding hydrogens is 464 g/mol. The lowest BCUT2D eigenvalue weighted by molar-refractivity contribution is 0.0448. The molecule has 0 amide bonds. The van der Waals surface area contributed by atoms with Gasteiger partial charge in [0.25, 0.3) is 5.56 Å². The van der Waals surface area contributed by atoms with Gasteiger partial charge in [-0.3, -0.25) is 14.3 Å². The summed E-state index contributed by atoms with van der Waals surface area (Å²) in [6, 6.07) is 1.30. The Morgan fingerprint density at radius 1 is 1.21 bits per heavy atom. The minimum Gasteiger partial charge on any atom is -0.453 e. The Morgan fingerprint density at radius 3 is 2.59 bits per heavy atom. The number of hydrogen-bond donors (Lipinski definition) is 1. The van der Waals surface area contributed by atoms with E-state index in [1.54, 1.807) is 14.1 Å². The van der Waals surface area contributed by atoms with Gasteiger partial charge >= 0.3 is 11.7 Å². The third-order valence-electron chi connectivity index (χ3n) is 6.07. The summed E-state index contributed by atoms with van der Waals surface area (Å²) in [5.41, 5.74) is -0.592. The van der Waals surface area contributed by atoms with E-state index in [9.17, 15) is 22.8 Å². The summed E-state index contributed by atoms with van der Waals surface area (Å²) in [7, 11) is -0.496. The molecule has 0 atom stereocenters. The maximum atomic E-state index is 12.8. The van der Waals surface area contributed by atoms with Crippen LogP contribution in [0, 0.1) is 0 Å². The zero-order valence-corrected chi connectivity index (χ0v) is 20.2. The maximum absolute atomic E-state index is 12.8. The van der Waals surface area contributed by atoms with Crippen molar-refractivity contribution < 1.29 is 17.9 Å². The molecule has 34 heavy (non-hydrogen) atoms. The fraction of sp³-hybridized carbons (Fsp3) is 0.524. The van der Waals surface area contributed by atoms with Crippen molar-refractivity contribution in [1.82, 2.24) is 28.0 Å². The molecule has 1 fully saturated rings. The number of ether oxygens (including phenoxy) is 1. The van der Waals surface area contributed by atoms with Gasteiger partial charge in [-0.1, -0.05) is 13.3 Å². The highest BCUT2D eigenvalue weighted by Crippen LogP contribution is 2.23. The molecule has 0 spiro atoms. The summed E-state index contributed by atoms with van der Waals surface area (Å²) in [5, 5.41) is 0. The van der Waals surface area contributed by atoms with Crippen LogP contribution in [0.2, 0.25) is 0 Å². The molecule has 1 N–H and O–H groups in total. The number of aryl methyl sites for hydroxylation is 3. The minimum atomic E-state index is -3.67. The van der Waals surface area contributed by atoms with E-state index in [2.05, 4.69) is 9.97 Å². The van der Waals surface area contributed by atoms with Gasteiger partial charge < -0.3 is 13.9 Å². The fourth-order valence-corrected chi connectivity index (χ4v) is 5.69. The summed E-state index contributed by atoms with van der Waals surface area (Å²) in [6.07, 6.45) is 4.61. The van der Waals surface area contributed by atoms with Crippen molar-refractivity contribution in [2.45, 2.75) is 50.7 Å². The van der Waals surface area contributed by atoms with Crippen LogP contribution in [0.3, 0.4) is 0 Å². The largest absolute Gasteiger partial charge is 0.453 e. The number of nitrogens with one attached hydrogen (secondary N) is 1. The summed E-state index contributed by atoms with van der Waals surface area (Å²) >= 11 is 0. The molecule has 0 radical (unpaired) electrons. The van der Waals surface area contributed by atoms with Gasteiger partial charge in [0.2, 0.25) is 10.0 Å². The lowest BCUT2D eigenvalue weighted by Gasteiger charge is -2.13. The Balaban J connectivity index is 1.58. The summed E-state index contributed by atoms with van der Waals surface area (Å²) in [6.45, 7) is 3.06. The highest BCUT2D eigenvalue weighted by atomic mass is 32.2. The second kappa shape index (κ2) is 9.22. The average Bonchev–Trinajstić information content (AvgIpc) is 3.52. The second-order valence-electron chi connectivity index (χ2n) is 8.38. The Morgan fingerprint density at radius 2 is 1.91 bits per heavy atom. The smallest absolute Gasteiger partial charge is 0.355 e. The molecule has 0 unspecified atom stereocenters. The van der Waals surface area contributed by atoms with Crippen LogP contribution in [0.5, 0.6) is 0 Å². The number of unbranched alkanes of at least 4 members (excludes halogenated alkanes) is 1. The van der Waals surface area contributed by atoms with Crippen LogP contribution in [0.4, 0.5) is 0 Å². The van der Waals surface area contributed by atoms with Crippen molar-refractivity contribution in [3.8, 4) is 0 Å². The number of nitrogens with zero attached hydrogens (tertiary/aromatic N) is 5. The first kappa shape index (κ1) is 24.0. The van der Waals surface area contributed by atoms with Gasteiger partial charge in [0.1, 0.15) is 23.0 Å². The molecule has 4 heterocycles. The Hall–Kier alpha value is -3.19. The van der Waals surface area contributed by atoms with Gasteiger partial charge in [0.15, 0.2) is 11.2 Å². The number of esters is 1. The quantitative estimate of drug-likeness (QED) is 0.456. The number of fused-ring (bicyclic) bond motifs is 1. The molecule has 0 saturated carbocycles. The Labute approximate surface area is 195 Å². The molecular formula is C21H28N6O6S. The molecule has 0 bridgehead atoms. The molecule has 0 aliphatic carbocycles. The highest BCUT2D eigenvalue weighted by molar-refractivity contribution is 7.89. The number of H-pyrrole nitrogens is 1. The van der Waals surface area contributed by atoms with E-state index in [1.165, 1.54) is 30.3 Å². The molecule has 3 aromatic heterocycles. The first-order valence-electron chi connectivity index (χ1n) is 11.2. The maximum Gasteiger partial charge on any atom is 0.355 e. The Bertz CT molecular complexity index is 1460. The number of carbonyl (C=O) groups is 1. The number of carbonyl (C=O) groups excluding carboxylic acids is 1. The lowest BCUT2D eigenvalue weighted by atomic mass is 10.3. The normalized spacial score (nSPS) is 14.8. The third kappa shape index (κ3) is 4.20. The first-order chi connectivity index (χ1) is 16.1. The van der Waals surface area contributed by atoms with Gasteiger partial charge in [-0.15, -0.1) is 0 Å². The molecule has 3 aromatic rings. The SMILES string of the molecule is CCCCn1c(=O)[nH]c(=O)c2c1nc(COC(=O)c1cc(S(=O)(=O)N3CCCC3)cn1C)n2C. The molecule has 1 saturated heterocycles. The molecule has 1 aliphatic heterocycles. The van der Waals surface area contributed by atoms with Crippen LogP contribution in [-0.4, -0.2) is 55.5 Å². The van der Waals surface area contributed by atoms with E-state index in [1.807, 2.05) is 6.92 Å². The van der Waals surface area contributed by atoms with Crippen LogP contribution in [0.15, 0.2) is 26.7 Å².